The molecule has 0 heterocycles. The highest BCUT2D eigenvalue weighted by Crippen LogP contribution is 2.29. The van der Waals surface area contributed by atoms with E-state index in [0.29, 0.717) is 5.56 Å². The molecule has 4 aromatic carbocycles. The second kappa shape index (κ2) is 10.8. The maximum absolute atomic E-state index is 13.7. The van der Waals surface area contributed by atoms with Crippen molar-refractivity contribution in [1.82, 2.24) is 5.43 Å². The minimum Gasteiger partial charge on any atom is -0.267 e. The molecule has 0 unspecified atom stereocenters. The molecule has 0 saturated heterocycles. The van der Waals surface area contributed by atoms with Crippen LogP contribution in [-0.4, -0.2) is 20.5 Å². The van der Waals surface area contributed by atoms with Gasteiger partial charge >= 0.3 is 0 Å². The summed E-state index contributed by atoms with van der Waals surface area (Å²) in [5.74, 6) is -0.960. The molecule has 0 aliphatic heterocycles. The van der Waals surface area contributed by atoms with Gasteiger partial charge in [-0.1, -0.05) is 72.8 Å². The molecule has 6 nitrogen and oxygen atoms in total. The minimum atomic E-state index is -4.00. The Morgan fingerprint density at radius 1 is 0.829 bits per heavy atom. The lowest BCUT2D eigenvalue weighted by molar-refractivity contribution is 0.0955. The van der Waals surface area contributed by atoms with Crippen LogP contribution >= 0.6 is 0 Å². The molecular formula is C27H22FN3O3S. The average molecular weight is 488 g/mol. The Balaban J connectivity index is 1.69. The SMILES string of the molecule is O=C(N/N=C/c1ccc(F)cc1)c1ccccc1N(Cc1ccccc1)S(=O)(=O)c1ccccc1. The van der Waals surface area contributed by atoms with Crippen molar-refractivity contribution in [1.29, 1.82) is 0 Å². The number of carbonyl (C=O) groups is 1. The molecule has 35 heavy (non-hydrogen) atoms. The summed E-state index contributed by atoms with van der Waals surface area (Å²) >= 11 is 0. The van der Waals surface area contributed by atoms with Crippen LogP contribution in [0.15, 0.2) is 119 Å². The highest BCUT2D eigenvalue weighted by molar-refractivity contribution is 7.92. The molecule has 0 spiro atoms. The molecule has 0 radical (unpaired) electrons. The van der Waals surface area contributed by atoms with Gasteiger partial charge in [0.05, 0.1) is 28.9 Å². The monoisotopic (exact) mass is 487 g/mol. The van der Waals surface area contributed by atoms with Gasteiger partial charge in [-0.25, -0.2) is 18.2 Å². The molecule has 0 atom stereocenters. The van der Waals surface area contributed by atoms with Crippen LogP contribution in [0.5, 0.6) is 0 Å². The summed E-state index contributed by atoms with van der Waals surface area (Å²) in [6.45, 7) is 0.0290. The molecule has 0 saturated carbocycles. The molecule has 0 fully saturated rings. The fourth-order valence-corrected chi connectivity index (χ4v) is 4.92. The number of hydrogen-bond acceptors (Lipinski definition) is 4. The van der Waals surface area contributed by atoms with Crippen LogP contribution in [0.3, 0.4) is 0 Å². The predicted octanol–water partition coefficient (Wildman–Crippen LogP) is 4.99. The summed E-state index contributed by atoms with van der Waals surface area (Å²) in [5.41, 5.74) is 4.14. The first kappa shape index (κ1) is 23.8. The number of nitrogens with zero attached hydrogens (tertiary/aromatic N) is 2. The van der Waals surface area contributed by atoms with Crippen LogP contribution in [-0.2, 0) is 16.6 Å². The molecule has 176 valence electrons. The second-order valence-electron chi connectivity index (χ2n) is 7.58. The summed E-state index contributed by atoms with van der Waals surface area (Å²) < 4.78 is 41.6. The standard InChI is InChI=1S/C27H22FN3O3S/c28-23-17-15-21(16-18-23)19-29-30-27(32)25-13-7-8-14-26(25)31(20-22-9-3-1-4-10-22)35(33,34)24-11-5-2-6-12-24/h1-19H,20H2,(H,30,32)/b29-19+. The van der Waals surface area contributed by atoms with Crippen molar-refractivity contribution >= 4 is 27.8 Å². The Labute approximate surface area is 203 Å². The molecule has 4 rings (SSSR count). The van der Waals surface area contributed by atoms with Crippen molar-refractivity contribution in [2.45, 2.75) is 11.4 Å². The van der Waals surface area contributed by atoms with Crippen molar-refractivity contribution in [3.8, 4) is 0 Å². The first-order valence-corrected chi connectivity index (χ1v) is 12.2. The smallest absolute Gasteiger partial charge is 0.267 e. The molecule has 0 bridgehead atoms. The summed E-state index contributed by atoms with van der Waals surface area (Å²) in [6.07, 6.45) is 1.38. The quantitative estimate of drug-likeness (QED) is 0.281. The first-order valence-electron chi connectivity index (χ1n) is 10.7. The van der Waals surface area contributed by atoms with Gasteiger partial charge in [0, 0.05) is 0 Å². The number of rotatable bonds is 8. The summed E-state index contributed by atoms with van der Waals surface area (Å²) in [7, 11) is -4.00. The van der Waals surface area contributed by atoms with Gasteiger partial charge in [0.15, 0.2) is 0 Å². The van der Waals surface area contributed by atoms with E-state index in [-0.39, 0.29) is 28.5 Å². The lowest BCUT2D eigenvalue weighted by atomic mass is 10.1. The Bertz CT molecular complexity index is 1430. The molecule has 0 aliphatic rings. The third-order valence-electron chi connectivity index (χ3n) is 5.17. The van der Waals surface area contributed by atoms with E-state index in [1.807, 2.05) is 30.3 Å². The molecular weight excluding hydrogens is 465 g/mol. The van der Waals surface area contributed by atoms with Crippen LogP contribution in [0, 0.1) is 5.82 Å². The van der Waals surface area contributed by atoms with Crippen LogP contribution in [0.4, 0.5) is 10.1 Å². The third-order valence-corrected chi connectivity index (χ3v) is 6.94. The van der Waals surface area contributed by atoms with Crippen LogP contribution in [0.1, 0.15) is 21.5 Å². The van der Waals surface area contributed by atoms with Gasteiger partial charge in [-0.3, -0.25) is 9.10 Å². The van der Waals surface area contributed by atoms with Gasteiger partial charge in [-0.15, -0.1) is 0 Å². The number of halogens is 1. The number of carbonyl (C=O) groups excluding carboxylic acids is 1. The van der Waals surface area contributed by atoms with E-state index >= 15 is 0 Å². The van der Waals surface area contributed by atoms with Gasteiger partial charge in [0.1, 0.15) is 5.82 Å². The van der Waals surface area contributed by atoms with Gasteiger partial charge < -0.3 is 0 Å². The van der Waals surface area contributed by atoms with Gasteiger partial charge in [-0.05, 0) is 47.5 Å². The zero-order valence-corrected chi connectivity index (χ0v) is 19.4. The fraction of sp³-hybridized carbons (Fsp3) is 0.0370. The highest BCUT2D eigenvalue weighted by atomic mass is 32.2. The van der Waals surface area contributed by atoms with Crippen LogP contribution < -0.4 is 9.73 Å². The highest BCUT2D eigenvalue weighted by Gasteiger charge is 2.28. The van der Waals surface area contributed by atoms with E-state index in [9.17, 15) is 17.6 Å². The van der Waals surface area contributed by atoms with E-state index in [4.69, 9.17) is 0 Å². The maximum Gasteiger partial charge on any atom is 0.273 e. The molecule has 8 heteroatoms. The lowest BCUT2D eigenvalue weighted by Gasteiger charge is -2.26. The minimum absolute atomic E-state index is 0.0290. The predicted molar refractivity (Wildman–Crippen MR) is 134 cm³/mol. The molecule has 0 aromatic heterocycles. The Hall–Kier alpha value is -4.30. The van der Waals surface area contributed by atoms with E-state index in [1.165, 1.54) is 53.0 Å². The number of amides is 1. The van der Waals surface area contributed by atoms with Gasteiger partial charge in [0.2, 0.25) is 0 Å². The van der Waals surface area contributed by atoms with Crippen LogP contribution in [0.2, 0.25) is 0 Å². The van der Waals surface area contributed by atoms with Crippen molar-refractivity contribution < 1.29 is 17.6 Å². The van der Waals surface area contributed by atoms with E-state index < -0.39 is 15.9 Å². The van der Waals surface area contributed by atoms with Gasteiger partial charge in [-0.2, -0.15) is 5.10 Å². The van der Waals surface area contributed by atoms with E-state index in [0.717, 1.165) is 5.56 Å². The largest absolute Gasteiger partial charge is 0.273 e. The number of sulfonamides is 1. The zero-order chi connectivity index (χ0) is 24.7. The summed E-state index contributed by atoms with van der Waals surface area (Å²) in [4.78, 5) is 13.1. The summed E-state index contributed by atoms with van der Waals surface area (Å²) in [5, 5.41) is 3.94. The van der Waals surface area contributed by atoms with Gasteiger partial charge in [0.25, 0.3) is 15.9 Å². The zero-order valence-electron chi connectivity index (χ0n) is 18.6. The van der Waals surface area contributed by atoms with Crippen molar-refractivity contribution in [3.63, 3.8) is 0 Å². The molecule has 1 amide bonds. The molecule has 1 N–H and O–H groups in total. The Kier molecular flexibility index (Phi) is 7.32. The van der Waals surface area contributed by atoms with Crippen molar-refractivity contribution in [3.05, 3.63) is 132 Å². The second-order valence-corrected chi connectivity index (χ2v) is 9.44. The number of hydrogen-bond donors (Lipinski definition) is 1. The topological polar surface area (TPSA) is 78.8 Å². The van der Waals surface area contributed by atoms with E-state index in [1.54, 1.807) is 36.4 Å². The Morgan fingerprint density at radius 2 is 1.43 bits per heavy atom. The Morgan fingerprint density at radius 3 is 2.11 bits per heavy atom. The number of para-hydroxylation sites is 1. The summed E-state index contributed by atoms with van der Waals surface area (Å²) in [6, 6.07) is 29.3. The number of anilines is 1. The fourth-order valence-electron chi connectivity index (χ4n) is 3.43. The van der Waals surface area contributed by atoms with E-state index in [2.05, 4.69) is 10.5 Å². The third kappa shape index (κ3) is 5.80. The maximum atomic E-state index is 13.7. The molecule has 0 aliphatic carbocycles. The number of benzene rings is 4. The first-order chi connectivity index (χ1) is 16.9. The lowest BCUT2D eigenvalue weighted by Crippen LogP contribution is -2.33. The average Bonchev–Trinajstić information content (AvgIpc) is 2.89. The number of hydrazone groups is 1. The normalized spacial score (nSPS) is 11.3. The van der Waals surface area contributed by atoms with Crippen molar-refractivity contribution in [2.24, 2.45) is 5.10 Å². The number of nitrogens with one attached hydrogen (secondary N) is 1. The van der Waals surface area contributed by atoms with Crippen molar-refractivity contribution in [2.75, 3.05) is 4.31 Å². The van der Waals surface area contributed by atoms with Crippen LogP contribution in [0.25, 0.3) is 0 Å². The molecule has 4 aromatic rings.